The van der Waals surface area contributed by atoms with E-state index in [0.29, 0.717) is 5.92 Å². The van der Waals surface area contributed by atoms with E-state index in [9.17, 15) is 0 Å². The van der Waals surface area contributed by atoms with E-state index in [0.717, 1.165) is 63.3 Å². The van der Waals surface area contributed by atoms with Gasteiger partial charge >= 0.3 is 0 Å². The molecule has 1 aliphatic heterocycles. The molecule has 0 aromatic carbocycles. The third kappa shape index (κ3) is 5.04. The topological polar surface area (TPSA) is 84.7 Å². The van der Waals surface area contributed by atoms with Crippen molar-refractivity contribution in [2.24, 2.45) is 0 Å². The normalized spacial score (nSPS) is 14.5. The van der Waals surface area contributed by atoms with Gasteiger partial charge in [0.05, 0.1) is 16.7 Å². The van der Waals surface area contributed by atoms with Crippen molar-refractivity contribution in [1.82, 2.24) is 34.8 Å². The molecular weight excluding hydrogens is 432 g/mol. The van der Waals surface area contributed by atoms with Gasteiger partial charge in [0.2, 0.25) is 5.13 Å². The third-order valence-electron chi connectivity index (χ3n) is 6.02. The molecule has 0 radical (unpaired) electrons. The van der Waals surface area contributed by atoms with Crippen LogP contribution in [0.5, 0.6) is 0 Å². The van der Waals surface area contributed by atoms with Crippen molar-refractivity contribution < 1.29 is 0 Å². The predicted octanol–water partition coefficient (Wildman–Crippen LogP) is 5.01. The van der Waals surface area contributed by atoms with Crippen LogP contribution in [-0.4, -0.2) is 54.5 Å². The van der Waals surface area contributed by atoms with Crippen molar-refractivity contribution in [1.29, 1.82) is 0 Å². The van der Waals surface area contributed by atoms with Crippen molar-refractivity contribution >= 4 is 33.3 Å². The minimum atomic E-state index is 0.360. The Morgan fingerprint density at radius 2 is 1.94 bits per heavy atom. The van der Waals surface area contributed by atoms with Gasteiger partial charge in [0.1, 0.15) is 10.8 Å². The second-order valence-electron chi connectivity index (χ2n) is 8.98. The summed E-state index contributed by atoms with van der Waals surface area (Å²) < 4.78 is 2.07. The van der Waals surface area contributed by atoms with E-state index in [1.54, 1.807) is 11.3 Å². The molecule has 0 aliphatic carbocycles. The fourth-order valence-corrected chi connectivity index (χ4v) is 4.98. The molecule has 0 spiro atoms. The van der Waals surface area contributed by atoms with Crippen molar-refractivity contribution in [2.75, 3.05) is 25.0 Å². The minimum Gasteiger partial charge on any atom is -0.315 e. The molecule has 1 fully saturated rings. The Bertz CT molecular complexity index is 1240. The van der Waals surface area contributed by atoms with Crippen LogP contribution >= 0.6 is 11.3 Å². The molecule has 1 aliphatic rings. The van der Waals surface area contributed by atoms with E-state index in [-0.39, 0.29) is 0 Å². The number of nitrogens with zero attached hydrogens (tertiary/aromatic N) is 7. The average Bonchev–Trinajstić information content (AvgIpc) is 3.55. The van der Waals surface area contributed by atoms with Gasteiger partial charge in [-0.3, -0.25) is 9.67 Å². The van der Waals surface area contributed by atoms with Crippen LogP contribution in [0.2, 0.25) is 0 Å². The number of likely N-dealkylation sites (tertiary alicyclic amines) is 1. The number of aryl methyl sites for hydroxylation is 2. The van der Waals surface area contributed by atoms with E-state index >= 15 is 0 Å². The molecule has 0 amide bonds. The lowest BCUT2D eigenvalue weighted by Gasteiger charge is -2.13. The maximum Gasteiger partial charge on any atom is 0.211 e. The molecule has 0 unspecified atom stereocenters. The maximum atomic E-state index is 4.77. The summed E-state index contributed by atoms with van der Waals surface area (Å²) in [6, 6.07) is 5.99. The van der Waals surface area contributed by atoms with Crippen LogP contribution in [-0.2, 0) is 6.54 Å². The highest BCUT2D eigenvalue weighted by molar-refractivity contribution is 7.15. The van der Waals surface area contributed by atoms with Crippen LogP contribution in [0, 0.1) is 6.92 Å². The van der Waals surface area contributed by atoms with Gasteiger partial charge in [0.15, 0.2) is 0 Å². The highest BCUT2D eigenvalue weighted by Gasteiger charge is 2.13. The second kappa shape index (κ2) is 9.52. The van der Waals surface area contributed by atoms with Gasteiger partial charge in [0, 0.05) is 36.0 Å². The Morgan fingerprint density at radius 3 is 2.73 bits per heavy atom. The van der Waals surface area contributed by atoms with Gasteiger partial charge < -0.3 is 10.2 Å². The SMILES string of the molecule is Cc1nn(CCCN2CCCC2)cc1-c1cnc2ccc(Nc3nnc(C(C)C)s3)nc2c1. The van der Waals surface area contributed by atoms with Gasteiger partial charge in [0.25, 0.3) is 0 Å². The van der Waals surface area contributed by atoms with Crippen LogP contribution < -0.4 is 5.32 Å². The zero-order chi connectivity index (χ0) is 22.8. The van der Waals surface area contributed by atoms with E-state index in [1.165, 1.54) is 25.9 Å². The molecule has 172 valence electrons. The summed E-state index contributed by atoms with van der Waals surface area (Å²) in [7, 11) is 0. The Hall–Kier alpha value is -2.91. The lowest BCUT2D eigenvalue weighted by atomic mass is 10.1. The summed E-state index contributed by atoms with van der Waals surface area (Å²) in [5.41, 5.74) is 4.86. The predicted molar refractivity (Wildman–Crippen MR) is 133 cm³/mol. The van der Waals surface area contributed by atoms with Gasteiger partial charge in [-0.1, -0.05) is 25.2 Å². The van der Waals surface area contributed by atoms with Gasteiger partial charge in [-0.2, -0.15) is 5.10 Å². The van der Waals surface area contributed by atoms with Crippen molar-refractivity contribution in [2.45, 2.75) is 52.5 Å². The number of pyridine rings is 2. The Balaban J connectivity index is 1.32. The van der Waals surface area contributed by atoms with E-state index < -0.39 is 0 Å². The number of aromatic nitrogens is 6. The van der Waals surface area contributed by atoms with Crippen molar-refractivity contribution in [3.63, 3.8) is 0 Å². The number of anilines is 2. The van der Waals surface area contributed by atoms with Gasteiger partial charge in [-0.15, -0.1) is 10.2 Å². The van der Waals surface area contributed by atoms with Crippen LogP contribution in [0.15, 0.2) is 30.6 Å². The molecule has 8 nitrogen and oxygen atoms in total. The fourth-order valence-electron chi connectivity index (χ4n) is 4.23. The molecular formula is C24H30N8S. The van der Waals surface area contributed by atoms with Crippen LogP contribution in [0.25, 0.3) is 22.2 Å². The van der Waals surface area contributed by atoms with Crippen LogP contribution in [0.4, 0.5) is 10.9 Å². The molecule has 4 aromatic rings. The standard InChI is InChI=1S/C24H30N8S/c1-16(2)23-28-29-24(33-23)27-22-8-7-20-21(26-22)13-18(14-25-20)19-15-32(30-17(19)3)12-6-11-31-9-4-5-10-31/h7-8,13-16H,4-6,9-12H2,1-3H3,(H,26,27,29). The Labute approximate surface area is 198 Å². The van der Waals surface area contributed by atoms with Gasteiger partial charge in [-0.05, 0) is 64.0 Å². The number of fused-ring (bicyclic) bond motifs is 1. The largest absolute Gasteiger partial charge is 0.315 e. The zero-order valence-electron chi connectivity index (χ0n) is 19.5. The third-order valence-corrected chi connectivity index (χ3v) is 7.16. The van der Waals surface area contributed by atoms with Crippen molar-refractivity contribution in [3.05, 3.63) is 41.3 Å². The fraction of sp³-hybridized carbons (Fsp3) is 0.458. The maximum absolute atomic E-state index is 4.77. The van der Waals surface area contributed by atoms with E-state index in [1.807, 2.05) is 18.3 Å². The molecule has 5 heterocycles. The number of hydrogen-bond acceptors (Lipinski definition) is 8. The summed E-state index contributed by atoms with van der Waals surface area (Å²) in [4.78, 5) is 12.0. The number of rotatable bonds is 8. The van der Waals surface area contributed by atoms with Gasteiger partial charge in [-0.25, -0.2) is 4.98 Å². The monoisotopic (exact) mass is 462 g/mol. The summed E-state index contributed by atoms with van der Waals surface area (Å²) in [5.74, 6) is 1.10. The minimum absolute atomic E-state index is 0.360. The molecule has 1 saturated heterocycles. The summed E-state index contributed by atoms with van der Waals surface area (Å²) in [5, 5.41) is 18.2. The summed E-state index contributed by atoms with van der Waals surface area (Å²) >= 11 is 1.56. The Kier molecular flexibility index (Phi) is 6.32. The Morgan fingerprint density at radius 1 is 1.09 bits per heavy atom. The molecule has 4 aromatic heterocycles. The summed E-state index contributed by atoms with van der Waals surface area (Å²) in [6.07, 6.45) is 7.85. The highest BCUT2D eigenvalue weighted by Crippen LogP contribution is 2.28. The number of nitrogens with one attached hydrogen (secondary N) is 1. The average molecular weight is 463 g/mol. The molecule has 0 saturated carbocycles. The highest BCUT2D eigenvalue weighted by atomic mass is 32.1. The second-order valence-corrected chi connectivity index (χ2v) is 9.99. The zero-order valence-corrected chi connectivity index (χ0v) is 20.3. The lowest BCUT2D eigenvalue weighted by molar-refractivity contribution is 0.322. The molecule has 33 heavy (non-hydrogen) atoms. The van der Waals surface area contributed by atoms with Crippen LogP contribution in [0.3, 0.4) is 0 Å². The summed E-state index contributed by atoms with van der Waals surface area (Å²) in [6.45, 7) is 10.9. The van der Waals surface area contributed by atoms with Crippen LogP contribution in [0.1, 0.15) is 49.7 Å². The molecule has 0 bridgehead atoms. The first-order valence-electron chi connectivity index (χ1n) is 11.7. The van der Waals surface area contributed by atoms with Crippen molar-refractivity contribution in [3.8, 4) is 11.1 Å². The van der Waals surface area contributed by atoms with E-state index in [2.05, 4.69) is 63.1 Å². The quantitative estimate of drug-likeness (QED) is 0.394. The lowest BCUT2D eigenvalue weighted by Crippen LogP contribution is -2.21. The first-order chi connectivity index (χ1) is 16.0. The molecule has 5 rings (SSSR count). The first-order valence-corrected chi connectivity index (χ1v) is 12.5. The molecule has 9 heteroatoms. The molecule has 1 N–H and O–H groups in total. The first kappa shape index (κ1) is 21.9. The van der Waals surface area contributed by atoms with E-state index in [4.69, 9.17) is 10.1 Å². The molecule has 0 atom stereocenters. The smallest absolute Gasteiger partial charge is 0.211 e. The number of hydrogen-bond donors (Lipinski definition) is 1.